The van der Waals surface area contributed by atoms with Gasteiger partial charge in [-0.15, -0.1) is 34.4 Å². The molecule has 44 heavy (non-hydrogen) atoms. The molecule has 1 unspecified atom stereocenters. The van der Waals surface area contributed by atoms with E-state index in [2.05, 4.69) is 20.9 Å². The molecule has 3 N–H and O–H groups in total. The van der Waals surface area contributed by atoms with Crippen molar-refractivity contribution >= 4 is 80.7 Å². The Morgan fingerprint density at radius 1 is 0.932 bits per heavy atom. The van der Waals surface area contributed by atoms with E-state index in [0.717, 1.165) is 15.5 Å². The van der Waals surface area contributed by atoms with Gasteiger partial charge in [-0.1, -0.05) is 61.0 Å². The van der Waals surface area contributed by atoms with E-state index in [4.69, 9.17) is 11.6 Å². The van der Waals surface area contributed by atoms with Gasteiger partial charge in [-0.2, -0.15) is 0 Å². The molecule has 2 heterocycles. The van der Waals surface area contributed by atoms with Gasteiger partial charge in [0.1, 0.15) is 5.70 Å². The Bertz CT molecular complexity index is 1790. The molecule has 3 amide bonds. The van der Waals surface area contributed by atoms with Crippen LogP contribution in [0.3, 0.4) is 0 Å². The molecule has 0 aliphatic rings. The predicted molar refractivity (Wildman–Crippen MR) is 182 cm³/mol. The van der Waals surface area contributed by atoms with E-state index in [1.165, 1.54) is 23.1 Å². The summed E-state index contributed by atoms with van der Waals surface area (Å²) < 4.78 is 0. The summed E-state index contributed by atoms with van der Waals surface area (Å²) in [7, 11) is 0. The van der Waals surface area contributed by atoms with Crippen LogP contribution in [0.15, 0.2) is 112 Å². The number of rotatable bonds is 11. The van der Waals surface area contributed by atoms with Crippen molar-refractivity contribution in [2.45, 2.75) is 23.5 Å². The molecule has 0 fully saturated rings. The number of thiazole rings is 1. The normalized spacial score (nSPS) is 11.9. The Morgan fingerprint density at radius 3 is 2.50 bits per heavy atom. The fourth-order valence-corrected chi connectivity index (χ4v) is 6.78. The second kappa shape index (κ2) is 15.0. The number of carbonyl (C=O) groups is 3. The number of hydrogen-bond donors (Lipinski definition) is 3. The number of thioether (sulfide) groups is 1. The molecule has 0 saturated carbocycles. The average Bonchev–Trinajstić information content (AvgIpc) is 3.73. The first-order valence-electron chi connectivity index (χ1n) is 13.6. The molecule has 1 atom stereocenters. The first kappa shape index (κ1) is 31.2. The van der Waals surface area contributed by atoms with Gasteiger partial charge >= 0.3 is 0 Å². The van der Waals surface area contributed by atoms with Crippen LogP contribution in [0.4, 0.5) is 10.8 Å². The van der Waals surface area contributed by atoms with E-state index >= 15 is 0 Å². The number of anilines is 2. The fourth-order valence-electron chi connectivity index (χ4n) is 4.09. The van der Waals surface area contributed by atoms with Gasteiger partial charge in [0.05, 0.1) is 15.8 Å². The average molecular weight is 659 g/mol. The summed E-state index contributed by atoms with van der Waals surface area (Å²) in [5.41, 5.74) is 2.48. The first-order chi connectivity index (χ1) is 21.4. The lowest BCUT2D eigenvalue weighted by Gasteiger charge is -2.15. The molecule has 5 aromatic rings. The van der Waals surface area contributed by atoms with Gasteiger partial charge < -0.3 is 16.0 Å². The number of benzene rings is 3. The van der Waals surface area contributed by atoms with Gasteiger partial charge in [-0.3, -0.25) is 14.4 Å². The molecular weight excluding hydrogens is 632 g/mol. The summed E-state index contributed by atoms with van der Waals surface area (Å²) in [6.07, 6.45) is 2.16. The summed E-state index contributed by atoms with van der Waals surface area (Å²) in [6, 6.07) is 26.8. The van der Waals surface area contributed by atoms with E-state index in [1.54, 1.807) is 84.1 Å². The number of nitrogens with one attached hydrogen (secondary N) is 3. The van der Waals surface area contributed by atoms with Gasteiger partial charge in [0.2, 0.25) is 5.91 Å². The molecular formula is C33H27ClN4O3S3. The second-order valence-electron chi connectivity index (χ2n) is 9.43. The molecule has 5 rings (SSSR count). The SMILES string of the molecule is CCC(Sc1cccc(NC(=O)/C(=C/c2cccc(Cl)c2)NC(=O)c2ccccc2)c1)C(=O)Nc1nc(-c2cccs2)cs1. The summed E-state index contributed by atoms with van der Waals surface area (Å²) in [6.45, 7) is 1.95. The van der Waals surface area contributed by atoms with Gasteiger partial charge in [-0.25, -0.2) is 4.98 Å². The number of halogens is 1. The molecule has 222 valence electrons. The lowest BCUT2D eigenvalue weighted by Crippen LogP contribution is -2.30. The van der Waals surface area contributed by atoms with Gasteiger partial charge in [0, 0.05) is 26.5 Å². The third kappa shape index (κ3) is 8.45. The van der Waals surface area contributed by atoms with Crippen LogP contribution >= 0.6 is 46.0 Å². The topological polar surface area (TPSA) is 100 Å². The van der Waals surface area contributed by atoms with Crippen LogP contribution in [0.1, 0.15) is 29.3 Å². The maximum absolute atomic E-state index is 13.5. The van der Waals surface area contributed by atoms with Crippen LogP contribution in [0, 0.1) is 0 Å². The fraction of sp³-hybridized carbons (Fsp3) is 0.0909. The molecule has 11 heteroatoms. The zero-order chi connectivity index (χ0) is 30.9. The lowest BCUT2D eigenvalue weighted by molar-refractivity contribution is -0.116. The minimum absolute atomic E-state index is 0.0513. The van der Waals surface area contributed by atoms with Crippen molar-refractivity contribution in [3.63, 3.8) is 0 Å². The largest absolute Gasteiger partial charge is 0.321 e. The molecule has 0 aliphatic heterocycles. The van der Waals surface area contributed by atoms with Crippen molar-refractivity contribution in [3.8, 4) is 10.6 Å². The Balaban J connectivity index is 1.28. The highest BCUT2D eigenvalue weighted by atomic mass is 35.5. The number of hydrogen-bond acceptors (Lipinski definition) is 7. The third-order valence-electron chi connectivity index (χ3n) is 6.23. The van der Waals surface area contributed by atoms with Crippen molar-refractivity contribution in [2.75, 3.05) is 10.6 Å². The van der Waals surface area contributed by atoms with Crippen LogP contribution in [-0.4, -0.2) is 28.0 Å². The molecule has 0 spiro atoms. The Morgan fingerprint density at radius 2 is 1.75 bits per heavy atom. The van der Waals surface area contributed by atoms with Crippen LogP contribution in [0.5, 0.6) is 0 Å². The van der Waals surface area contributed by atoms with Crippen LogP contribution in [0.25, 0.3) is 16.6 Å². The van der Waals surface area contributed by atoms with Gasteiger partial charge in [0.15, 0.2) is 5.13 Å². The van der Waals surface area contributed by atoms with Crippen LogP contribution in [0.2, 0.25) is 5.02 Å². The second-order valence-corrected chi connectivity index (χ2v) is 13.0. The molecule has 0 bridgehead atoms. The van der Waals surface area contributed by atoms with Crippen LogP contribution in [-0.2, 0) is 9.59 Å². The smallest absolute Gasteiger partial charge is 0.272 e. The molecule has 0 saturated heterocycles. The minimum atomic E-state index is -0.508. The quantitative estimate of drug-likeness (QED) is 0.0977. The highest BCUT2D eigenvalue weighted by Crippen LogP contribution is 2.31. The maximum Gasteiger partial charge on any atom is 0.272 e. The van der Waals surface area contributed by atoms with Crippen molar-refractivity contribution in [1.82, 2.24) is 10.3 Å². The number of aromatic nitrogens is 1. The summed E-state index contributed by atoms with van der Waals surface area (Å²) in [5.74, 6) is -1.07. The summed E-state index contributed by atoms with van der Waals surface area (Å²) >= 11 is 10.5. The monoisotopic (exact) mass is 658 g/mol. The molecule has 0 aliphatic carbocycles. The predicted octanol–water partition coefficient (Wildman–Crippen LogP) is 8.44. The van der Waals surface area contributed by atoms with Gasteiger partial charge in [-0.05, 0) is 72.0 Å². The molecule has 7 nitrogen and oxygen atoms in total. The van der Waals surface area contributed by atoms with Gasteiger partial charge in [0.25, 0.3) is 11.8 Å². The van der Waals surface area contributed by atoms with Crippen molar-refractivity contribution < 1.29 is 14.4 Å². The lowest BCUT2D eigenvalue weighted by atomic mass is 10.1. The number of carbonyl (C=O) groups excluding carboxylic acids is 3. The number of nitrogens with zero attached hydrogens (tertiary/aromatic N) is 1. The highest BCUT2D eigenvalue weighted by molar-refractivity contribution is 8.00. The van der Waals surface area contributed by atoms with Crippen LogP contribution < -0.4 is 16.0 Å². The minimum Gasteiger partial charge on any atom is -0.321 e. The van der Waals surface area contributed by atoms with E-state index < -0.39 is 11.8 Å². The molecule has 2 aromatic heterocycles. The van der Waals surface area contributed by atoms with Crippen molar-refractivity contribution in [3.05, 3.63) is 124 Å². The maximum atomic E-state index is 13.5. The first-order valence-corrected chi connectivity index (χ1v) is 16.6. The Kier molecular flexibility index (Phi) is 10.6. The molecule has 0 radical (unpaired) electrons. The standard InChI is InChI=1S/C33H27ClN4O3S3/c1-2-28(32(41)38-33-37-27(20-43-33)29-15-8-16-42-29)44-25-14-7-13-24(19-25)35-31(40)26(18-21-9-6-12-23(34)17-21)36-30(39)22-10-4-3-5-11-22/h3-20,28H,2H2,1H3,(H,35,40)(H,36,39)(H,37,38,41)/b26-18-. The van der Waals surface area contributed by atoms with E-state index in [1.807, 2.05) is 41.9 Å². The third-order valence-corrected chi connectivity index (χ3v) is 9.47. The van der Waals surface area contributed by atoms with E-state index in [9.17, 15) is 14.4 Å². The Labute approximate surface area is 272 Å². The van der Waals surface area contributed by atoms with Crippen molar-refractivity contribution in [1.29, 1.82) is 0 Å². The van der Waals surface area contributed by atoms with E-state index in [-0.39, 0.29) is 16.9 Å². The zero-order valence-electron chi connectivity index (χ0n) is 23.5. The molecule has 3 aromatic carbocycles. The Hall–Kier alpha value is -4.22. The number of amides is 3. The van der Waals surface area contributed by atoms with E-state index in [0.29, 0.717) is 33.4 Å². The highest BCUT2D eigenvalue weighted by Gasteiger charge is 2.21. The number of thiophene rings is 1. The summed E-state index contributed by atoms with van der Waals surface area (Å²) in [4.78, 5) is 45.9. The zero-order valence-corrected chi connectivity index (χ0v) is 26.7. The summed E-state index contributed by atoms with van der Waals surface area (Å²) in [5, 5.41) is 13.1. The van der Waals surface area contributed by atoms with Crippen molar-refractivity contribution in [2.24, 2.45) is 0 Å².